The number of hydrogen-bond donors (Lipinski definition) is 1. The molecule has 1 aliphatic rings. The minimum absolute atomic E-state index is 0.0338. The summed E-state index contributed by atoms with van der Waals surface area (Å²) >= 11 is 7.62. The first-order valence-electron chi connectivity index (χ1n) is 6.06. The fourth-order valence-corrected chi connectivity index (χ4v) is 2.55. The molecular weight excluding hydrogens is 314 g/mol. The number of halogens is 1. The monoisotopic (exact) mass is 329 g/mol. The second-order valence-electron chi connectivity index (χ2n) is 4.23. The first-order chi connectivity index (χ1) is 8.72. The van der Waals surface area contributed by atoms with Gasteiger partial charge in [0.25, 0.3) is 5.91 Å². The minimum Gasteiger partial charge on any atom is -0.482 e. The molecule has 0 aromatic heterocycles. The number of nitrogens with zero attached hydrogens (tertiary/aromatic N) is 1. The van der Waals surface area contributed by atoms with Gasteiger partial charge in [-0.15, -0.1) is 0 Å². The fourth-order valence-electron chi connectivity index (χ4n) is 1.98. The molecule has 0 aliphatic carbocycles. The molecule has 1 heterocycles. The molecule has 0 saturated carbocycles. The molecule has 0 bridgehead atoms. The van der Waals surface area contributed by atoms with Gasteiger partial charge < -0.3 is 9.64 Å². The molecule has 0 atom stereocenters. The third-order valence-electron chi connectivity index (χ3n) is 2.90. The van der Waals surface area contributed by atoms with Crippen molar-refractivity contribution in [3.63, 3.8) is 0 Å². The zero-order valence-corrected chi connectivity index (χ0v) is 12.5. The van der Waals surface area contributed by atoms with Gasteiger partial charge in [-0.1, -0.05) is 22.4 Å². The first-order valence-corrected chi connectivity index (χ1v) is 7.48. The van der Waals surface area contributed by atoms with Crippen molar-refractivity contribution < 1.29 is 9.53 Å². The van der Waals surface area contributed by atoms with Crippen LogP contribution >= 0.6 is 28.6 Å². The lowest BCUT2D eigenvalue weighted by Gasteiger charge is -2.29. The summed E-state index contributed by atoms with van der Waals surface area (Å²) in [7, 11) is 0. The number of unbranched alkanes of at least 4 members (excludes halogenated alkanes) is 2. The Bertz CT molecular complexity index is 439. The Labute approximate surface area is 121 Å². The highest BCUT2D eigenvalue weighted by atomic mass is 79.9. The lowest BCUT2D eigenvalue weighted by molar-refractivity contribution is -0.121. The van der Waals surface area contributed by atoms with E-state index in [1.54, 1.807) is 0 Å². The van der Waals surface area contributed by atoms with Crippen LogP contribution in [0.4, 0.5) is 5.69 Å². The molecule has 0 unspecified atom stereocenters. The van der Waals surface area contributed by atoms with Crippen LogP contribution in [0.15, 0.2) is 22.7 Å². The largest absolute Gasteiger partial charge is 0.482 e. The standard InChI is InChI=1S/C13H16BrNO2S/c14-10-4-5-12-11(8-10)15(13(16)9-17-12)6-2-1-3-7-18/h4-5,8,18H,1-3,6-7,9H2. The highest BCUT2D eigenvalue weighted by Gasteiger charge is 2.24. The van der Waals surface area contributed by atoms with E-state index in [9.17, 15) is 4.79 Å². The van der Waals surface area contributed by atoms with Gasteiger partial charge in [0.15, 0.2) is 6.61 Å². The van der Waals surface area contributed by atoms with Crippen LogP contribution in [0.5, 0.6) is 5.75 Å². The summed E-state index contributed by atoms with van der Waals surface area (Å²) in [6.45, 7) is 0.890. The molecule has 0 spiro atoms. The van der Waals surface area contributed by atoms with E-state index in [1.165, 1.54) is 0 Å². The van der Waals surface area contributed by atoms with Crippen molar-refractivity contribution in [1.82, 2.24) is 0 Å². The molecule has 0 radical (unpaired) electrons. The summed E-state index contributed by atoms with van der Waals surface area (Å²) in [5.41, 5.74) is 0.867. The third-order valence-corrected chi connectivity index (χ3v) is 3.71. The number of rotatable bonds is 5. The molecule has 0 saturated heterocycles. The topological polar surface area (TPSA) is 29.5 Å². The van der Waals surface area contributed by atoms with Crippen molar-refractivity contribution in [1.29, 1.82) is 0 Å². The van der Waals surface area contributed by atoms with E-state index in [0.717, 1.165) is 47.5 Å². The average Bonchev–Trinajstić information content (AvgIpc) is 2.36. The molecule has 1 aliphatic heterocycles. The van der Waals surface area contributed by atoms with Crippen LogP contribution in [0.2, 0.25) is 0 Å². The number of benzene rings is 1. The van der Waals surface area contributed by atoms with Crippen molar-refractivity contribution in [2.45, 2.75) is 19.3 Å². The van der Waals surface area contributed by atoms with Crippen LogP contribution in [-0.2, 0) is 4.79 Å². The van der Waals surface area contributed by atoms with Crippen LogP contribution in [0.1, 0.15) is 19.3 Å². The highest BCUT2D eigenvalue weighted by molar-refractivity contribution is 9.10. The fraction of sp³-hybridized carbons (Fsp3) is 0.462. The van der Waals surface area contributed by atoms with Gasteiger partial charge in [-0.3, -0.25) is 4.79 Å². The van der Waals surface area contributed by atoms with Crippen LogP contribution in [-0.4, -0.2) is 24.8 Å². The lowest BCUT2D eigenvalue weighted by Crippen LogP contribution is -2.39. The van der Waals surface area contributed by atoms with E-state index in [2.05, 4.69) is 28.6 Å². The minimum atomic E-state index is 0.0338. The van der Waals surface area contributed by atoms with Crippen molar-refractivity contribution in [3.8, 4) is 5.75 Å². The molecule has 18 heavy (non-hydrogen) atoms. The molecule has 1 amide bonds. The normalized spacial score (nSPS) is 14.3. The number of ether oxygens (including phenoxy) is 1. The predicted molar refractivity (Wildman–Crippen MR) is 79.7 cm³/mol. The number of anilines is 1. The number of carbonyl (C=O) groups is 1. The van der Waals surface area contributed by atoms with Gasteiger partial charge in [-0.05, 0) is 36.8 Å². The van der Waals surface area contributed by atoms with E-state index >= 15 is 0 Å². The average molecular weight is 330 g/mol. The van der Waals surface area contributed by atoms with Gasteiger partial charge in [-0.2, -0.15) is 12.6 Å². The molecule has 5 heteroatoms. The maximum absolute atomic E-state index is 11.9. The molecule has 0 N–H and O–H groups in total. The lowest BCUT2D eigenvalue weighted by atomic mass is 10.2. The number of hydrogen-bond acceptors (Lipinski definition) is 3. The Balaban J connectivity index is 2.09. The van der Waals surface area contributed by atoms with Crippen LogP contribution in [0.25, 0.3) is 0 Å². The molecule has 1 aromatic rings. The predicted octanol–water partition coefficient (Wildman–Crippen LogP) is 3.27. The number of fused-ring (bicyclic) bond motifs is 1. The van der Waals surface area contributed by atoms with E-state index < -0.39 is 0 Å². The second-order valence-corrected chi connectivity index (χ2v) is 5.59. The summed E-state index contributed by atoms with van der Waals surface area (Å²) in [4.78, 5) is 13.7. The number of amides is 1. The van der Waals surface area contributed by atoms with Crippen LogP contribution in [0, 0.1) is 0 Å². The molecule has 3 nitrogen and oxygen atoms in total. The van der Waals surface area contributed by atoms with Crippen molar-refractivity contribution in [2.24, 2.45) is 0 Å². The zero-order valence-electron chi connectivity index (χ0n) is 10.1. The molecule has 1 aromatic carbocycles. The first kappa shape index (κ1) is 13.7. The number of carbonyl (C=O) groups excluding carboxylic acids is 1. The van der Waals surface area contributed by atoms with Gasteiger partial charge >= 0.3 is 0 Å². The van der Waals surface area contributed by atoms with Crippen molar-refractivity contribution >= 4 is 40.2 Å². The Morgan fingerprint density at radius 3 is 2.94 bits per heavy atom. The maximum Gasteiger partial charge on any atom is 0.265 e. The molecule has 0 fully saturated rings. The molecule has 2 rings (SSSR count). The van der Waals surface area contributed by atoms with E-state index in [0.29, 0.717) is 0 Å². The molecule has 98 valence electrons. The third kappa shape index (κ3) is 3.20. The van der Waals surface area contributed by atoms with E-state index in [1.807, 2.05) is 23.1 Å². The summed E-state index contributed by atoms with van der Waals surface area (Å²) < 4.78 is 6.38. The summed E-state index contributed by atoms with van der Waals surface area (Å²) in [5, 5.41) is 0. The number of thiol groups is 1. The van der Waals surface area contributed by atoms with Crippen molar-refractivity contribution in [3.05, 3.63) is 22.7 Å². The second kappa shape index (κ2) is 6.48. The smallest absolute Gasteiger partial charge is 0.265 e. The highest BCUT2D eigenvalue weighted by Crippen LogP contribution is 2.34. The Morgan fingerprint density at radius 2 is 2.17 bits per heavy atom. The summed E-state index contributed by atoms with van der Waals surface area (Å²) in [5.74, 6) is 1.72. The Kier molecular flexibility index (Phi) is 4.95. The van der Waals surface area contributed by atoms with Gasteiger partial charge in [-0.25, -0.2) is 0 Å². The van der Waals surface area contributed by atoms with E-state index in [4.69, 9.17) is 4.74 Å². The van der Waals surface area contributed by atoms with Gasteiger partial charge in [0.05, 0.1) is 5.69 Å². The SMILES string of the molecule is O=C1COc2ccc(Br)cc2N1CCCCCS. The Hall–Kier alpha value is -0.680. The van der Waals surface area contributed by atoms with E-state index in [-0.39, 0.29) is 12.5 Å². The van der Waals surface area contributed by atoms with Gasteiger partial charge in [0.2, 0.25) is 0 Å². The molecular formula is C13H16BrNO2S. The zero-order chi connectivity index (χ0) is 13.0. The summed E-state index contributed by atoms with van der Waals surface area (Å²) in [6, 6.07) is 5.76. The van der Waals surface area contributed by atoms with Crippen molar-refractivity contribution in [2.75, 3.05) is 23.8 Å². The summed E-state index contributed by atoms with van der Waals surface area (Å²) in [6.07, 6.45) is 3.18. The van der Waals surface area contributed by atoms with Gasteiger partial charge in [0.1, 0.15) is 5.75 Å². The quantitative estimate of drug-likeness (QED) is 0.663. The van der Waals surface area contributed by atoms with Crippen LogP contribution in [0.3, 0.4) is 0 Å². The Morgan fingerprint density at radius 1 is 1.33 bits per heavy atom. The maximum atomic E-state index is 11.9. The van der Waals surface area contributed by atoms with Gasteiger partial charge in [0, 0.05) is 11.0 Å². The van der Waals surface area contributed by atoms with Crippen LogP contribution < -0.4 is 9.64 Å².